The van der Waals surface area contributed by atoms with Gasteiger partial charge in [0.05, 0.1) is 17.1 Å². The fraction of sp³-hybridized carbons (Fsp3) is 0.0364. The van der Waals surface area contributed by atoms with E-state index in [4.69, 9.17) is 14.4 Å². The van der Waals surface area contributed by atoms with E-state index in [2.05, 4.69) is 159 Å². The first-order valence-electron chi connectivity index (χ1n) is 19.8. The lowest BCUT2D eigenvalue weighted by Gasteiger charge is -2.15. The van der Waals surface area contributed by atoms with Crippen molar-refractivity contribution in [3.8, 4) is 11.1 Å². The summed E-state index contributed by atoms with van der Waals surface area (Å²) in [7, 11) is 0. The number of hydrogen-bond acceptors (Lipinski definition) is 4. The summed E-state index contributed by atoms with van der Waals surface area (Å²) in [5, 5.41) is 8.46. The zero-order chi connectivity index (χ0) is 40.0. The molecular formula is C55H39N3O. The van der Waals surface area contributed by atoms with Crippen molar-refractivity contribution in [1.82, 2.24) is 4.98 Å². The number of allylic oxidation sites excluding steroid dienone is 6. The van der Waals surface area contributed by atoms with Gasteiger partial charge in [-0.2, -0.15) is 0 Å². The van der Waals surface area contributed by atoms with Crippen molar-refractivity contribution >= 4 is 71.7 Å². The van der Waals surface area contributed by atoms with Gasteiger partial charge >= 0.3 is 0 Å². The van der Waals surface area contributed by atoms with Crippen LogP contribution in [0.4, 0.5) is 0 Å². The molecule has 0 N–H and O–H groups in total. The third-order valence-electron chi connectivity index (χ3n) is 11.5. The molecule has 10 rings (SSSR count). The summed E-state index contributed by atoms with van der Waals surface area (Å²) in [6, 6.07) is 48.7. The molecule has 7 aromatic carbocycles. The van der Waals surface area contributed by atoms with Gasteiger partial charge in [-0.15, -0.1) is 0 Å². The quantitative estimate of drug-likeness (QED) is 0.114. The Morgan fingerprint density at radius 3 is 1.97 bits per heavy atom. The van der Waals surface area contributed by atoms with Gasteiger partial charge in [0.15, 0.2) is 5.76 Å². The normalized spacial score (nSPS) is 14.6. The Labute approximate surface area is 343 Å². The van der Waals surface area contributed by atoms with Crippen molar-refractivity contribution < 1.29 is 4.42 Å². The van der Waals surface area contributed by atoms with Crippen LogP contribution >= 0.6 is 0 Å². The molecule has 0 radical (unpaired) electrons. The van der Waals surface area contributed by atoms with Gasteiger partial charge < -0.3 is 4.42 Å². The molecule has 4 heteroatoms. The van der Waals surface area contributed by atoms with Crippen LogP contribution in [0.25, 0.3) is 71.4 Å². The van der Waals surface area contributed by atoms with Crippen molar-refractivity contribution in [3.63, 3.8) is 0 Å². The molecule has 0 saturated heterocycles. The lowest BCUT2D eigenvalue weighted by atomic mass is 9.92. The molecule has 1 aliphatic rings. The van der Waals surface area contributed by atoms with Crippen molar-refractivity contribution in [3.05, 3.63) is 229 Å². The number of rotatable bonds is 8. The average molecular weight is 758 g/mol. The predicted octanol–water partition coefficient (Wildman–Crippen LogP) is 14.2. The van der Waals surface area contributed by atoms with E-state index in [-0.39, 0.29) is 0 Å². The zero-order valence-corrected chi connectivity index (χ0v) is 32.9. The number of aliphatic imine (C=N–C) groups is 2. The second-order valence-electron chi connectivity index (χ2n) is 15.1. The average Bonchev–Trinajstić information content (AvgIpc) is 3.63. The minimum Gasteiger partial charge on any atom is -0.454 e. The molecule has 9 aromatic rings. The summed E-state index contributed by atoms with van der Waals surface area (Å²) in [5.41, 5.74) is 13.1. The summed E-state index contributed by atoms with van der Waals surface area (Å²) < 4.78 is 6.58. The Morgan fingerprint density at radius 1 is 0.593 bits per heavy atom. The van der Waals surface area contributed by atoms with Gasteiger partial charge in [-0.05, 0) is 104 Å². The van der Waals surface area contributed by atoms with Gasteiger partial charge in [0.1, 0.15) is 11.3 Å². The highest BCUT2D eigenvalue weighted by Gasteiger charge is 2.20. The molecule has 0 saturated carbocycles. The smallest absolute Gasteiger partial charge is 0.157 e. The number of aryl methyl sites for hydroxylation is 1. The van der Waals surface area contributed by atoms with E-state index in [0.717, 1.165) is 78.2 Å². The number of fused-ring (bicyclic) bond motifs is 1. The first-order chi connectivity index (χ1) is 28.9. The molecule has 0 unspecified atom stereocenters. The van der Waals surface area contributed by atoms with Gasteiger partial charge in [0, 0.05) is 40.0 Å². The summed E-state index contributed by atoms with van der Waals surface area (Å²) >= 11 is 0. The molecular weight excluding hydrogens is 719 g/mol. The van der Waals surface area contributed by atoms with Crippen LogP contribution in [0, 0.1) is 6.92 Å². The lowest BCUT2D eigenvalue weighted by molar-refractivity contribution is 0.602. The third kappa shape index (κ3) is 6.51. The van der Waals surface area contributed by atoms with E-state index < -0.39 is 0 Å². The van der Waals surface area contributed by atoms with Crippen LogP contribution in [0.2, 0.25) is 0 Å². The van der Waals surface area contributed by atoms with Crippen LogP contribution < -0.4 is 0 Å². The van der Waals surface area contributed by atoms with Gasteiger partial charge in [-0.3, -0.25) is 4.98 Å². The van der Waals surface area contributed by atoms with E-state index in [0.29, 0.717) is 11.4 Å². The zero-order valence-electron chi connectivity index (χ0n) is 32.9. The van der Waals surface area contributed by atoms with Crippen molar-refractivity contribution in [1.29, 1.82) is 0 Å². The summed E-state index contributed by atoms with van der Waals surface area (Å²) in [5.74, 6) is 0.731. The Bertz CT molecular complexity index is 3220. The Morgan fingerprint density at radius 2 is 1.25 bits per heavy atom. The first-order valence-corrected chi connectivity index (χ1v) is 19.8. The second kappa shape index (κ2) is 14.7. The van der Waals surface area contributed by atoms with E-state index in [1.54, 1.807) is 6.20 Å². The van der Waals surface area contributed by atoms with Crippen LogP contribution in [-0.4, -0.2) is 16.4 Å². The predicted molar refractivity (Wildman–Crippen MR) is 249 cm³/mol. The van der Waals surface area contributed by atoms with Crippen molar-refractivity contribution in [2.45, 2.75) is 13.8 Å². The number of pyridine rings is 1. The Kier molecular flexibility index (Phi) is 8.88. The molecule has 2 heterocycles. The number of para-hydroxylation sites is 1. The minimum absolute atomic E-state index is 0.666. The SMILES string of the molecule is C=C(N=C1C=CC=C/C1=C(/C)c1ccc(C(=NC(=C)c2cc3ccc4cccc5ccc(c2)c3c45)c2oc3ccccc3c2C)cc1)c1ccc(-c2cccnc2)cc1. The van der Waals surface area contributed by atoms with Gasteiger partial charge in [-0.1, -0.05) is 147 Å². The van der Waals surface area contributed by atoms with Gasteiger partial charge in [-0.25, -0.2) is 9.98 Å². The number of nitrogens with zero attached hydrogens (tertiary/aromatic N) is 3. The Hall–Kier alpha value is -7.69. The standard InChI is InChI=1S/C55H39N3O/c1-34(48-14-5-7-16-50(48)57-36(3)39-20-22-40(23-21-39)46-13-10-30-56-33-46)38-18-26-43(27-19-38)54(55-35(2)49-15-6-8-17-51(49)59-55)58-37(4)47-31-44-28-24-41-11-9-12-42-25-29-45(32-47)53(44)52(41)42/h5-33H,3-4H2,1-2H3/b48-34+,57-50?,58-54?. The van der Waals surface area contributed by atoms with E-state index in [1.807, 2.05) is 42.6 Å². The van der Waals surface area contributed by atoms with E-state index in [9.17, 15) is 0 Å². The molecule has 0 bridgehead atoms. The molecule has 2 aromatic heterocycles. The van der Waals surface area contributed by atoms with Gasteiger partial charge in [0.25, 0.3) is 0 Å². The van der Waals surface area contributed by atoms with Crippen LogP contribution in [-0.2, 0) is 0 Å². The summed E-state index contributed by atoms with van der Waals surface area (Å²) in [6.07, 6.45) is 11.9. The molecule has 4 nitrogen and oxygen atoms in total. The highest BCUT2D eigenvalue weighted by atomic mass is 16.3. The maximum atomic E-state index is 6.58. The maximum absolute atomic E-state index is 6.58. The highest BCUT2D eigenvalue weighted by molar-refractivity contribution is 6.24. The molecule has 0 spiro atoms. The third-order valence-corrected chi connectivity index (χ3v) is 11.5. The van der Waals surface area contributed by atoms with Crippen LogP contribution in [0.5, 0.6) is 0 Å². The van der Waals surface area contributed by atoms with Crippen LogP contribution in [0.1, 0.15) is 40.5 Å². The lowest BCUT2D eigenvalue weighted by Crippen LogP contribution is -2.06. The van der Waals surface area contributed by atoms with Crippen LogP contribution in [0.3, 0.4) is 0 Å². The monoisotopic (exact) mass is 757 g/mol. The van der Waals surface area contributed by atoms with Crippen molar-refractivity contribution in [2.24, 2.45) is 9.98 Å². The van der Waals surface area contributed by atoms with Crippen LogP contribution in [0.15, 0.2) is 209 Å². The molecule has 59 heavy (non-hydrogen) atoms. The number of benzene rings is 7. The first kappa shape index (κ1) is 35.7. The molecule has 280 valence electrons. The Balaban J connectivity index is 1.00. The largest absolute Gasteiger partial charge is 0.454 e. The molecule has 0 aliphatic heterocycles. The molecule has 0 atom stereocenters. The fourth-order valence-corrected chi connectivity index (χ4v) is 8.29. The maximum Gasteiger partial charge on any atom is 0.157 e. The van der Waals surface area contributed by atoms with Gasteiger partial charge in [0.2, 0.25) is 0 Å². The number of aromatic nitrogens is 1. The second-order valence-corrected chi connectivity index (χ2v) is 15.1. The van der Waals surface area contributed by atoms with Crippen molar-refractivity contribution in [2.75, 3.05) is 0 Å². The summed E-state index contributed by atoms with van der Waals surface area (Å²) in [4.78, 5) is 14.6. The molecule has 1 aliphatic carbocycles. The number of hydrogen-bond donors (Lipinski definition) is 0. The topological polar surface area (TPSA) is 50.8 Å². The number of furan rings is 1. The highest BCUT2D eigenvalue weighted by Crippen LogP contribution is 2.37. The van der Waals surface area contributed by atoms with E-state index in [1.165, 1.54) is 32.3 Å². The van der Waals surface area contributed by atoms with E-state index >= 15 is 0 Å². The summed E-state index contributed by atoms with van der Waals surface area (Å²) in [6.45, 7) is 13.1. The molecule has 0 fully saturated rings. The molecule has 0 amide bonds. The minimum atomic E-state index is 0.666. The fourth-order valence-electron chi connectivity index (χ4n) is 8.29.